The second-order valence-corrected chi connectivity index (χ2v) is 8.12. The summed E-state index contributed by atoms with van der Waals surface area (Å²) in [6.07, 6.45) is -1.92. The third-order valence-corrected chi connectivity index (χ3v) is 5.33. The number of carboxylic acid groups (broad SMARTS) is 1. The van der Waals surface area contributed by atoms with Gasteiger partial charge in [0.2, 0.25) is 5.56 Å². The SMILES string of the molecule is Cc1cnccc1C(=O)N(Cc1cc(=O)[nH]c2c(F)cccc12)c1cccc(Cl)c1.O=C(O)C(F)(F)F. The number of aromatic nitrogens is 2. The van der Waals surface area contributed by atoms with Gasteiger partial charge in [-0.3, -0.25) is 14.6 Å². The van der Waals surface area contributed by atoms with Crippen molar-refractivity contribution in [3.05, 3.63) is 105 Å². The number of nitrogens with zero attached hydrogens (tertiary/aromatic N) is 2. The predicted octanol–water partition coefficient (Wildman–Crippen LogP) is 5.50. The molecule has 2 N–H and O–H groups in total. The molecule has 2 heterocycles. The van der Waals surface area contributed by atoms with Crippen molar-refractivity contribution in [1.29, 1.82) is 0 Å². The van der Waals surface area contributed by atoms with E-state index in [1.807, 2.05) is 0 Å². The lowest BCUT2D eigenvalue weighted by molar-refractivity contribution is -0.192. The van der Waals surface area contributed by atoms with Gasteiger partial charge in [-0.05, 0) is 48.4 Å². The van der Waals surface area contributed by atoms with Crippen LogP contribution in [0.2, 0.25) is 5.02 Å². The van der Waals surface area contributed by atoms with E-state index in [0.717, 1.165) is 5.56 Å². The molecule has 0 spiro atoms. The number of rotatable bonds is 4. The summed E-state index contributed by atoms with van der Waals surface area (Å²) in [6.45, 7) is 1.86. The number of nitrogens with one attached hydrogen (secondary N) is 1. The van der Waals surface area contributed by atoms with Crippen LogP contribution in [0.5, 0.6) is 0 Å². The molecule has 0 unspecified atom stereocenters. The Kier molecular flexibility index (Phi) is 8.28. The number of anilines is 1. The topological polar surface area (TPSA) is 103 Å². The number of benzene rings is 2. The van der Waals surface area contributed by atoms with Gasteiger partial charge in [-0.1, -0.05) is 29.8 Å². The Balaban J connectivity index is 0.000000479. The Hall–Kier alpha value is -4.25. The number of amides is 1. The molecule has 0 aliphatic carbocycles. The molecule has 0 fully saturated rings. The third kappa shape index (κ3) is 6.70. The number of aromatic amines is 1. The first-order valence-electron chi connectivity index (χ1n) is 10.5. The normalized spacial score (nSPS) is 11.0. The molecule has 0 saturated carbocycles. The number of para-hydroxylation sites is 1. The van der Waals surface area contributed by atoms with Crippen molar-refractivity contribution in [3.8, 4) is 0 Å². The lowest BCUT2D eigenvalue weighted by Gasteiger charge is -2.24. The van der Waals surface area contributed by atoms with Crippen molar-refractivity contribution in [1.82, 2.24) is 9.97 Å². The molecule has 4 aromatic rings. The molecule has 0 aliphatic heterocycles. The van der Waals surface area contributed by atoms with E-state index in [1.54, 1.807) is 61.8 Å². The molecular formula is C25H18ClF4N3O4. The van der Waals surface area contributed by atoms with Gasteiger partial charge < -0.3 is 15.0 Å². The van der Waals surface area contributed by atoms with E-state index >= 15 is 0 Å². The molecule has 0 bridgehead atoms. The quantitative estimate of drug-likeness (QED) is 0.336. The number of aliphatic carboxylic acids is 1. The van der Waals surface area contributed by atoms with Crippen molar-refractivity contribution in [2.24, 2.45) is 0 Å². The zero-order valence-corrected chi connectivity index (χ0v) is 19.8. The van der Waals surface area contributed by atoms with Crippen molar-refractivity contribution < 1.29 is 32.3 Å². The van der Waals surface area contributed by atoms with E-state index in [-0.39, 0.29) is 18.0 Å². The predicted molar refractivity (Wildman–Crippen MR) is 129 cm³/mol. The highest BCUT2D eigenvalue weighted by Crippen LogP contribution is 2.26. The minimum Gasteiger partial charge on any atom is -0.475 e. The molecule has 2 aromatic carbocycles. The molecular weight excluding hydrogens is 518 g/mol. The van der Waals surface area contributed by atoms with Crippen molar-refractivity contribution >= 4 is 40.1 Å². The molecule has 0 saturated heterocycles. The maximum absolute atomic E-state index is 14.3. The fourth-order valence-electron chi connectivity index (χ4n) is 3.40. The average molecular weight is 536 g/mol. The molecule has 0 radical (unpaired) electrons. The molecule has 37 heavy (non-hydrogen) atoms. The van der Waals surface area contributed by atoms with E-state index in [4.69, 9.17) is 21.5 Å². The Morgan fingerprint density at radius 2 is 1.78 bits per heavy atom. The summed E-state index contributed by atoms with van der Waals surface area (Å²) >= 11 is 6.16. The van der Waals surface area contributed by atoms with Crippen LogP contribution in [0.15, 0.2) is 71.8 Å². The molecule has 2 aromatic heterocycles. The number of fused-ring (bicyclic) bond motifs is 1. The van der Waals surface area contributed by atoms with Gasteiger partial charge in [-0.15, -0.1) is 0 Å². The van der Waals surface area contributed by atoms with Crippen LogP contribution in [0, 0.1) is 12.7 Å². The van der Waals surface area contributed by atoms with Gasteiger partial charge in [0, 0.05) is 40.1 Å². The van der Waals surface area contributed by atoms with Crippen LogP contribution >= 0.6 is 11.6 Å². The highest BCUT2D eigenvalue weighted by Gasteiger charge is 2.38. The first-order valence-corrected chi connectivity index (χ1v) is 10.8. The molecule has 0 aliphatic rings. The lowest BCUT2D eigenvalue weighted by Crippen LogP contribution is -2.31. The Labute approximate surface area is 212 Å². The van der Waals surface area contributed by atoms with Gasteiger partial charge in [0.05, 0.1) is 12.1 Å². The fourth-order valence-corrected chi connectivity index (χ4v) is 3.58. The van der Waals surface area contributed by atoms with E-state index in [9.17, 15) is 27.2 Å². The van der Waals surface area contributed by atoms with Crippen molar-refractivity contribution in [2.75, 3.05) is 4.90 Å². The molecule has 0 atom stereocenters. The van der Waals surface area contributed by atoms with Gasteiger partial charge in [0.25, 0.3) is 5.91 Å². The van der Waals surface area contributed by atoms with E-state index < -0.39 is 23.5 Å². The number of alkyl halides is 3. The number of carbonyl (C=O) groups excluding carboxylic acids is 1. The maximum atomic E-state index is 14.3. The van der Waals surface area contributed by atoms with Gasteiger partial charge in [0.15, 0.2) is 0 Å². The minimum atomic E-state index is -5.08. The van der Waals surface area contributed by atoms with Gasteiger partial charge in [-0.2, -0.15) is 13.2 Å². The zero-order chi connectivity index (χ0) is 27.3. The molecule has 4 rings (SSSR count). The summed E-state index contributed by atoms with van der Waals surface area (Å²) in [4.78, 5) is 42.6. The molecule has 12 heteroatoms. The highest BCUT2D eigenvalue weighted by atomic mass is 35.5. The zero-order valence-electron chi connectivity index (χ0n) is 19.0. The minimum absolute atomic E-state index is 0.0603. The highest BCUT2D eigenvalue weighted by molar-refractivity contribution is 6.31. The number of halogens is 5. The van der Waals surface area contributed by atoms with E-state index in [2.05, 4.69) is 9.97 Å². The van der Waals surface area contributed by atoms with Crippen LogP contribution in [0.4, 0.5) is 23.2 Å². The summed E-state index contributed by atoms with van der Waals surface area (Å²) in [5.74, 6) is -3.56. The van der Waals surface area contributed by atoms with E-state index in [1.165, 1.54) is 17.0 Å². The van der Waals surface area contributed by atoms with Crippen molar-refractivity contribution in [3.63, 3.8) is 0 Å². The summed E-state index contributed by atoms with van der Waals surface area (Å²) in [5, 5.41) is 8.12. The molecule has 1 amide bonds. The third-order valence-electron chi connectivity index (χ3n) is 5.10. The number of hydrogen-bond acceptors (Lipinski definition) is 4. The lowest BCUT2D eigenvalue weighted by atomic mass is 10.1. The van der Waals surface area contributed by atoms with Crippen molar-refractivity contribution in [2.45, 2.75) is 19.6 Å². The summed E-state index contributed by atoms with van der Waals surface area (Å²) in [7, 11) is 0. The summed E-state index contributed by atoms with van der Waals surface area (Å²) in [6, 6.07) is 14.5. The van der Waals surface area contributed by atoms with Crippen LogP contribution in [-0.2, 0) is 11.3 Å². The first-order chi connectivity index (χ1) is 17.4. The van der Waals surface area contributed by atoms with Gasteiger partial charge >= 0.3 is 12.1 Å². The largest absolute Gasteiger partial charge is 0.490 e. The maximum Gasteiger partial charge on any atom is 0.490 e. The smallest absolute Gasteiger partial charge is 0.475 e. The number of carboxylic acids is 1. The van der Waals surface area contributed by atoms with Crippen LogP contribution in [0.25, 0.3) is 10.9 Å². The second-order valence-electron chi connectivity index (χ2n) is 7.69. The second kappa shape index (κ2) is 11.2. The van der Waals surface area contributed by atoms with Crippen LogP contribution in [0.1, 0.15) is 21.5 Å². The number of aryl methyl sites for hydroxylation is 1. The molecule has 7 nitrogen and oxygen atoms in total. The standard InChI is InChI=1S/C23H17ClFN3O2.C2HF3O2/c1-14-12-26-9-8-18(14)23(30)28(17-5-2-4-16(24)11-17)13-15-10-21(29)27-22-19(15)6-3-7-20(22)25;3-2(4,5)1(6)7/h2-12H,13H2,1H3,(H,27,29);(H,6,7). The number of hydrogen-bond donors (Lipinski definition) is 2. The van der Waals surface area contributed by atoms with E-state index in [0.29, 0.717) is 27.2 Å². The number of pyridine rings is 2. The van der Waals surface area contributed by atoms with Crippen LogP contribution < -0.4 is 10.5 Å². The van der Waals surface area contributed by atoms with Gasteiger partial charge in [-0.25, -0.2) is 9.18 Å². The average Bonchev–Trinajstić information content (AvgIpc) is 2.83. The van der Waals surface area contributed by atoms with Gasteiger partial charge in [0.1, 0.15) is 5.82 Å². The Morgan fingerprint density at radius 1 is 1.11 bits per heavy atom. The Morgan fingerprint density at radius 3 is 2.41 bits per heavy atom. The number of H-pyrrole nitrogens is 1. The molecule has 192 valence electrons. The summed E-state index contributed by atoms with van der Waals surface area (Å²) in [5.41, 5.74) is 1.95. The fraction of sp³-hybridized carbons (Fsp3) is 0.120. The first kappa shape index (κ1) is 27.3. The summed E-state index contributed by atoms with van der Waals surface area (Å²) < 4.78 is 46.0. The number of carbonyl (C=O) groups is 2. The Bertz CT molecular complexity index is 1520. The monoisotopic (exact) mass is 535 g/mol. The van der Waals surface area contributed by atoms with Crippen LogP contribution in [-0.4, -0.2) is 33.1 Å². The van der Waals surface area contributed by atoms with Crippen LogP contribution in [0.3, 0.4) is 0 Å².